The highest BCUT2D eigenvalue weighted by molar-refractivity contribution is 6.32. The van der Waals surface area contributed by atoms with Crippen LogP contribution in [0.4, 0.5) is 15.9 Å². The van der Waals surface area contributed by atoms with Crippen LogP contribution in [0.15, 0.2) is 55.0 Å². The van der Waals surface area contributed by atoms with Crippen molar-refractivity contribution in [2.45, 2.75) is 13.5 Å². The van der Waals surface area contributed by atoms with Gasteiger partial charge < -0.3 is 15.2 Å². The smallest absolute Gasteiger partial charge is 0.337 e. The van der Waals surface area contributed by atoms with Gasteiger partial charge in [0.1, 0.15) is 30.0 Å². The van der Waals surface area contributed by atoms with E-state index >= 15 is 0 Å². The first-order chi connectivity index (χ1) is 14.4. The molecule has 7 nitrogen and oxygen atoms in total. The van der Waals surface area contributed by atoms with Crippen molar-refractivity contribution in [3.05, 3.63) is 82.5 Å². The minimum atomic E-state index is -1.04. The summed E-state index contributed by atoms with van der Waals surface area (Å²) in [6.45, 7) is 1.88. The first kappa shape index (κ1) is 19.7. The van der Waals surface area contributed by atoms with E-state index in [9.17, 15) is 14.3 Å². The number of fused-ring (bicyclic) bond motifs is 1. The fourth-order valence-corrected chi connectivity index (χ4v) is 3.32. The van der Waals surface area contributed by atoms with Gasteiger partial charge in [0, 0.05) is 11.9 Å². The molecule has 2 aromatic heterocycles. The number of aromatic carboxylic acids is 1. The molecule has 9 heteroatoms. The molecule has 30 heavy (non-hydrogen) atoms. The van der Waals surface area contributed by atoms with E-state index in [0.29, 0.717) is 38.9 Å². The fraction of sp³-hybridized carbons (Fsp3) is 0.0952. The minimum Gasteiger partial charge on any atom is -0.487 e. The number of nitrogens with one attached hydrogen (secondary N) is 1. The van der Waals surface area contributed by atoms with E-state index in [1.165, 1.54) is 29.2 Å². The molecule has 0 atom stereocenters. The number of benzene rings is 2. The lowest BCUT2D eigenvalue weighted by Crippen LogP contribution is -2.01. The molecule has 0 spiro atoms. The molecular weight excluding hydrogens is 411 g/mol. The summed E-state index contributed by atoms with van der Waals surface area (Å²) in [5, 5.41) is 16.9. The summed E-state index contributed by atoms with van der Waals surface area (Å²) in [6.07, 6.45) is 2.77. The van der Waals surface area contributed by atoms with Crippen molar-refractivity contribution in [3.63, 3.8) is 0 Å². The standard InChI is InChI=1S/C21H16ClFN4O3/c1-12-16(21(28)29)9-27-19(12)20(24-11-25-27)26-15-5-6-18(17(22)8-15)30-10-13-3-2-4-14(23)7-13/h2-9,11H,10H2,1H3,(H,28,29)(H,24,25,26). The number of nitrogens with zero attached hydrogens (tertiary/aromatic N) is 3. The summed E-state index contributed by atoms with van der Waals surface area (Å²) in [5.41, 5.74) is 2.58. The molecule has 0 amide bonds. The summed E-state index contributed by atoms with van der Waals surface area (Å²) < 4.78 is 20.4. The Morgan fingerprint density at radius 3 is 2.87 bits per heavy atom. The zero-order valence-electron chi connectivity index (χ0n) is 15.8. The lowest BCUT2D eigenvalue weighted by Gasteiger charge is -2.12. The van der Waals surface area contributed by atoms with Crippen LogP contribution in [-0.4, -0.2) is 25.7 Å². The lowest BCUT2D eigenvalue weighted by atomic mass is 10.2. The highest BCUT2D eigenvalue weighted by atomic mass is 35.5. The third-order valence-corrected chi connectivity index (χ3v) is 4.83. The SMILES string of the molecule is Cc1c(C(=O)O)cn2ncnc(Nc3ccc(OCc4cccc(F)c4)c(Cl)c3)c12. The predicted molar refractivity (Wildman–Crippen MR) is 110 cm³/mol. The van der Waals surface area contributed by atoms with Gasteiger partial charge in [-0.3, -0.25) is 0 Å². The van der Waals surface area contributed by atoms with Crippen LogP contribution in [0.5, 0.6) is 5.75 Å². The van der Waals surface area contributed by atoms with Crippen LogP contribution >= 0.6 is 11.6 Å². The van der Waals surface area contributed by atoms with Crippen molar-refractivity contribution in [1.29, 1.82) is 0 Å². The summed E-state index contributed by atoms with van der Waals surface area (Å²) in [6, 6.07) is 11.3. The molecule has 152 valence electrons. The molecule has 0 saturated carbocycles. The number of carboxylic acids is 1. The first-order valence-electron chi connectivity index (χ1n) is 8.92. The molecule has 2 aromatic carbocycles. The normalized spacial score (nSPS) is 10.9. The maximum atomic E-state index is 13.3. The average Bonchev–Trinajstić information content (AvgIpc) is 3.05. The van der Waals surface area contributed by atoms with Crippen molar-refractivity contribution in [3.8, 4) is 5.75 Å². The third kappa shape index (κ3) is 3.90. The number of hydrogen-bond donors (Lipinski definition) is 2. The van der Waals surface area contributed by atoms with E-state index in [1.807, 2.05) is 0 Å². The second kappa shape index (κ2) is 8.00. The van der Waals surface area contributed by atoms with Crippen molar-refractivity contribution >= 4 is 34.6 Å². The maximum Gasteiger partial charge on any atom is 0.337 e. The van der Waals surface area contributed by atoms with Crippen LogP contribution in [0.3, 0.4) is 0 Å². The van der Waals surface area contributed by atoms with Gasteiger partial charge in [0.15, 0.2) is 5.82 Å². The molecule has 0 aliphatic heterocycles. The Kier molecular flexibility index (Phi) is 5.24. The van der Waals surface area contributed by atoms with Crippen molar-refractivity contribution in [1.82, 2.24) is 14.6 Å². The fourth-order valence-electron chi connectivity index (χ4n) is 3.09. The molecule has 2 heterocycles. The Morgan fingerprint density at radius 1 is 1.30 bits per heavy atom. The highest BCUT2D eigenvalue weighted by Gasteiger charge is 2.17. The monoisotopic (exact) mass is 426 g/mol. The quantitative estimate of drug-likeness (QED) is 0.458. The highest BCUT2D eigenvalue weighted by Crippen LogP contribution is 2.31. The second-order valence-corrected chi connectivity index (χ2v) is 6.97. The Balaban J connectivity index is 1.56. The third-order valence-electron chi connectivity index (χ3n) is 4.54. The summed E-state index contributed by atoms with van der Waals surface area (Å²) in [4.78, 5) is 15.6. The predicted octanol–water partition coefficient (Wildman–Crippen LogP) is 4.85. The minimum absolute atomic E-state index is 0.151. The molecule has 0 bridgehead atoms. The van der Waals surface area contributed by atoms with Crippen LogP contribution in [0.1, 0.15) is 21.5 Å². The van der Waals surface area contributed by atoms with Gasteiger partial charge in [0.25, 0.3) is 0 Å². The maximum absolute atomic E-state index is 13.3. The zero-order valence-corrected chi connectivity index (χ0v) is 16.5. The van der Waals surface area contributed by atoms with Gasteiger partial charge in [-0.2, -0.15) is 5.10 Å². The van der Waals surface area contributed by atoms with Crippen LogP contribution in [0.25, 0.3) is 5.52 Å². The van der Waals surface area contributed by atoms with E-state index in [1.54, 1.807) is 37.3 Å². The number of carboxylic acid groups (broad SMARTS) is 1. The van der Waals surface area contributed by atoms with Crippen LogP contribution in [-0.2, 0) is 6.61 Å². The van der Waals surface area contributed by atoms with Crippen LogP contribution < -0.4 is 10.1 Å². The van der Waals surface area contributed by atoms with E-state index in [0.717, 1.165) is 0 Å². The van der Waals surface area contributed by atoms with Crippen molar-refractivity contribution in [2.24, 2.45) is 0 Å². The lowest BCUT2D eigenvalue weighted by molar-refractivity contribution is 0.0696. The summed E-state index contributed by atoms with van der Waals surface area (Å²) in [7, 11) is 0. The van der Waals surface area contributed by atoms with E-state index in [4.69, 9.17) is 16.3 Å². The average molecular weight is 427 g/mol. The van der Waals surface area contributed by atoms with Gasteiger partial charge in [-0.1, -0.05) is 23.7 Å². The Labute approximate surface area is 175 Å². The Bertz CT molecular complexity index is 1260. The van der Waals surface area contributed by atoms with Crippen LogP contribution in [0, 0.1) is 12.7 Å². The van der Waals surface area contributed by atoms with Gasteiger partial charge in [-0.15, -0.1) is 0 Å². The van der Waals surface area contributed by atoms with E-state index in [2.05, 4.69) is 15.4 Å². The number of halogens is 2. The van der Waals surface area contributed by atoms with Gasteiger partial charge in [0.2, 0.25) is 0 Å². The second-order valence-electron chi connectivity index (χ2n) is 6.56. The molecule has 0 aliphatic rings. The molecule has 4 aromatic rings. The van der Waals surface area contributed by atoms with E-state index in [-0.39, 0.29) is 18.0 Å². The number of aromatic nitrogens is 3. The summed E-state index contributed by atoms with van der Waals surface area (Å²) in [5.74, 6) is -0.470. The topological polar surface area (TPSA) is 88.8 Å². The number of rotatable bonds is 6. The number of hydrogen-bond acceptors (Lipinski definition) is 5. The van der Waals surface area contributed by atoms with Gasteiger partial charge >= 0.3 is 5.97 Å². The number of ether oxygens (including phenoxy) is 1. The molecule has 0 fully saturated rings. The number of aryl methyl sites for hydroxylation is 1. The molecule has 0 saturated heterocycles. The van der Waals surface area contributed by atoms with Gasteiger partial charge in [0.05, 0.1) is 10.6 Å². The molecule has 0 aliphatic carbocycles. The van der Waals surface area contributed by atoms with Crippen molar-refractivity contribution in [2.75, 3.05) is 5.32 Å². The van der Waals surface area contributed by atoms with Crippen LogP contribution in [0.2, 0.25) is 5.02 Å². The number of anilines is 2. The van der Waals surface area contributed by atoms with Gasteiger partial charge in [-0.05, 0) is 48.4 Å². The van der Waals surface area contributed by atoms with Gasteiger partial charge in [-0.25, -0.2) is 18.7 Å². The molecular formula is C21H16ClFN4O3. The summed E-state index contributed by atoms with van der Waals surface area (Å²) >= 11 is 6.33. The first-order valence-corrected chi connectivity index (χ1v) is 9.30. The number of carbonyl (C=O) groups is 1. The zero-order chi connectivity index (χ0) is 21.3. The molecule has 2 N–H and O–H groups in total. The Morgan fingerprint density at radius 2 is 2.13 bits per heavy atom. The molecule has 0 unspecified atom stereocenters. The largest absolute Gasteiger partial charge is 0.487 e. The molecule has 0 radical (unpaired) electrons. The molecule has 4 rings (SSSR count). The van der Waals surface area contributed by atoms with E-state index < -0.39 is 5.97 Å². The van der Waals surface area contributed by atoms with Crippen molar-refractivity contribution < 1.29 is 19.0 Å². The Hall–Kier alpha value is -3.65.